The second-order valence-corrected chi connectivity index (χ2v) is 25.5. The highest BCUT2D eigenvalue weighted by Gasteiger charge is 2.22. The SMILES string of the molecule is CC/C=C\C/C=C\C/C=C\C/C=C\C/C=C\CCCCCCCCCCCC(=O)OC(COC(=O)CCCCCCCCCCCCCCCCCCCCCCCCC/C=C\CCCCCCCCCC)COC(OCC[N+](C)(C)C)C(=O)[O-]. The third kappa shape index (κ3) is 68.1. The lowest BCUT2D eigenvalue weighted by Crippen LogP contribution is -2.44. The summed E-state index contributed by atoms with van der Waals surface area (Å²) >= 11 is 0. The molecule has 0 radical (unpaired) electrons. The molecule has 0 aliphatic carbocycles. The van der Waals surface area contributed by atoms with Crippen LogP contribution in [0.25, 0.3) is 0 Å². The van der Waals surface area contributed by atoms with Gasteiger partial charge in [0.25, 0.3) is 0 Å². The second kappa shape index (κ2) is 66.7. The number of carbonyl (C=O) groups is 3. The van der Waals surface area contributed by atoms with Gasteiger partial charge in [0.2, 0.25) is 0 Å². The minimum Gasteiger partial charge on any atom is -0.545 e. The number of ether oxygens (including phenoxy) is 4. The highest BCUT2D eigenvalue weighted by molar-refractivity contribution is 5.70. The standard InChI is InChI=1S/C76H137NO8/c1-6-8-10-12-14-16-18-20-22-24-26-28-30-32-33-34-35-36-37-38-39-40-41-43-44-46-48-50-52-54-56-58-60-62-64-66-73(78)83-70-72(71-84-76(75(80)81)82-69-68-77(3,4)5)85-74(79)67-65-63-61-59-57-55-53-51-49-47-45-42-31-29-27-25-23-21-19-17-15-13-11-9-7-2/h9,11,15,17,21,23-24,26-27,29,42,45,72,76H,6-8,10,12-14,16,18-20,22,25,28,30-41,43-44,46-71H2,1-5H3/b11-9-,17-15-,23-21-,26-24-,29-27-,45-42-. The number of esters is 2. The van der Waals surface area contributed by atoms with Crippen LogP contribution in [0.2, 0.25) is 0 Å². The summed E-state index contributed by atoms with van der Waals surface area (Å²) in [6.45, 7) is 4.67. The molecule has 0 saturated carbocycles. The van der Waals surface area contributed by atoms with Crippen LogP contribution >= 0.6 is 0 Å². The predicted octanol–water partition coefficient (Wildman–Crippen LogP) is 21.1. The Morgan fingerprint density at radius 1 is 0.365 bits per heavy atom. The van der Waals surface area contributed by atoms with Gasteiger partial charge in [0.05, 0.1) is 40.3 Å². The summed E-state index contributed by atoms with van der Waals surface area (Å²) in [4.78, 5) is 37.5. The van der Waals surface area contributed by atoms with Crippen LogP contribution in [-0.2, 0) is 33.3 Å². The highest BCUT2D eigenvalue weighted by atomic mass is 16.7. The number of nitrogens with zero attached hydrogens (tertiary/aromatic N) is 1. The molecule has 0 aromatic carbocycles. The van der Waals surface area contributed by atoms with Crippen LogP contribution in [0.5, 0.6) is 0 Å². The third-order valence-corrected chi connectivity index (χ3v) is 15.9. The maximum Gasteiger partial charge on any atom is 0.306 e. The topological polar surface area (TPSA) is 111 Å². The van der Waals surface area contributed by atoms with E-state index in [1.165, 1.54) is 225 Å². The number of quaternary nitrogens is 1. The van der Waals surface area contributed by atoms with E-state index >= 15 is 0 Å². The first-order valence-electron chi connectivity index (χ1n) is 36.1. The lowest BCUT2D eigenvalue weighted by molar-refractivity contribution is -0.870. The van der Waals surface area contributed by atoms with Crippen molar-refractivity contribution in [2.45, 2.75) is 347 Å². The van der Waals surface area contributed by atoms with Crippen LogP contribution in [0.1, 0.15) is 335 Å². The van der Waals surface area contributed by atoms with Gasteiger partial charge in [-0.15, -0.1) is 0 Å². The molecule has 494 valence electrons. The number of carboxylic acids is 1. The number of unbranched alkanes of at least 4 members (excludes halogenated alkanes) is 40. The van der Waals surface area contributed by atoms with Gasteiger partial charge in [-0.1, -0.05) is 311 Å². The summed E-state index contributed by atoms with van der Waals surface area (Å²) in [5.74, 6) is -2.28. The van der Waals surface area contributed by atoms with E-state index in [2.05, 4.69) is 86.8 Å². The first kappa shape index (κ1) is 81.7. The molecule has 0 heterocycles. The zero-order valence-corrected chi connectivity index (χ0v) is 56.5. The number of hydrogen-bond donors (Lipinski definition) is 0. The van der Waals surface area contributed by atoms with E-state index in [4.69, 9.17) is 18.9 Å². The molecule has 0 bridgehead atoms. The van der Waals surface area contributed by atoms with Crippen LogP contribution in [0, 0.1) is 0 Å². The summed E-state index contributed by atoms with van der Waals surface area (Å²) in [6.07, 6.45) is 85.7. The maximum atomic E-state index is 12.9. The van der Waals surface area contributed by atoms with Crippen molar-refractivity contribution < 1.29 is 42.9 Å². The fourth-order valence-electron chi connectivity index (χ4n) is 10.4. The Hall–Kier alpha value is -3.27. The fourth-order valence-corrected chi connectivity index (χ4v) is 10.4. The van der Waals surface area contributed by atoms with E-state index in [-0.39, 0.29) is 32.2 Å². The fraction of sp³-hybridized carbons (Fsp3) is 0.803. The summed E-state index contributed by atoms with van der Waals surface area (Å²) in [5.41, 5.74) is 0. The molecule has 2 unspecified atom stereocenters. The lowest BCUT2D eigenvalue weighted by Gasteiger charge is -2.26. The molecule has 0 aliphatic rings. The maximum absolute atomic E-state index is 12.9. The molecule has 2 atom stereocenters. The monoisotopic (exact) mass is 1190 g/mol. The van der Waals surface area contributed by atoms with E-state index in [1.54, 1.807) is 0 Å². The van der Waals surface area contributed by atoms with E-state index in [1.807, 2.05) is 21.1 Å². The van der Waals surface area contributed by atoms with Gasteiger partial charge in [-0.2, -0.15) is 0 Å². The molecule has 0 amide bonds. The Labute approximate surface area is 526 Å². The van der Waals surface area contributed by atoms with Crippen LogP contribution in [0.15, 0.2) is 72.9 Å². The van der Waals surface area contributed by atoms with Crippen molar-refractivity contribution in [1.29, 1.82) is 0 Å². The molecule has 0 aliphatic heterocycles. The van der Waals surface area contributed by atoms with E-state index in [0.29, 0.717) is 23.9 Å². The Balaban J connectivity index is 4.05. The average Bonchev–Trinajstić information content (AvgIpc) is 3.49. The number of likely N-dealkylation sites (N-methyl/N-ethyl adjacent to an activating group) is 1. The van der Waals surface area contributed by atoms with Gasteiger partial charge >= 0.3 is 11.9 Å². The minimum absolute atomic E-state index is 0.145. The zero-order chi connectivity index (χ0) is 61.9. The van der Waals surface area contributed by atoms with Crippen LogP contribution in [-0.4, -0.2) is 82.3 Å². The minimum atomic E-state index is -1.63. The van der Waals surface area contributed by atoms with Crippen molar-refractivity contribution >= 4 is 17.9 Å². The molecule has 9 heteroatoms. The van der Waals surface area contributed by atoms with Crippen molar-refractivity contribution in [1.82, 2.24) is 0 Å². The van der Waals surface area contributed by atoms with Crippen molar-refractivity contribution in [3.63, 3.8) is 0 Å². The summed E-state index contributed by atoms with van der Waals surface area (Å²) < 4.78 is 22.8. The van der Waals surface area contributed by atoms with Gasteiger partial charge in [0.15, 0.2) is 12.4 Å². The number of rotatable bonds is 67. The number of allylic oxidation sites excluding steroid dienone is 12. The van der Waals surface area contributed by atoms with Crippen molar-refractivity contribution in [2.24, 2.45) is 0 Å². The molecule has 0 saturated heterocycles. The van der Waals surface area contributed by atoms with E-state index in [0.717, 1.165) is 77.0 Å². The van der Waals surface area contributed by atoms with E-state index < -0.39 is 24.3 Å². The first-order chi connectivity index (χ1) is 41.6. The van der Waals surface area contributed by atoms with E-state index in [9.17, 15) is 19.5 Å². The largest absolute Gasteiger partial charge is 0.545 e. The van der Waals surface area contributed by atoms with Gasteiger partial charge in [-0.25, -0.2) is 0 Å². The van der Waals surface area contributed by atoms with Crippen molar-refractivity contribution in [2.75, 3.05) is 47.5 Å². The molecule has 85 heavy (non-hydrogen) atoms. The molecule has 0 spiro atoms. The van der Waals surface area contributed by atoms with Gasteiger partial charge in [0.1, 0.15) is 13.2 Å². The number of hydrogen-bond acceptors (Lipinski definition) is 8. The Kier molecular flexibility index (Phi) is 64.1. The molecule has 0 rings (SSSR count). The van der Waals surface area contributed by atoms with Crippen LogP contribution in [0.3, 0.4) is 0 Å². The third-order valence-electron chi connectivity index (χ3n) is 15.9. The molecule has 9 nitrogen and oxygen atoms in total. The average molecular weight is 1190 g/mol. The van der Waals surface area contributed by atoms with Gasteiger partial charge in [-0.05, 0) is 83.5 Å². The molecular formula is C76H137NO8. The van der Waals surface area contributed by atoms with Gasteiger partial charge in [0, 0.05) is 12.8 Å². The number of carboxylic acid groups (broad SMARTS) is 1. The Bertz CT molecular complexity index is 1620. The summed E-state index contributed by atoms with van der Waals surface area (Å²) in [6, 6.07) is 0. The molecule has 0 N–H and O–H groups in total. The van der Waals surface area contributed by atoms with Gasteiger partial charge < -0.3 is 33.3 Å². The number of carbonyl (C=O) groups excluding carboxylic acids is 3. The first-order valence-corrected chi connectivity index (χ1v) is 36.1. The smallest absolute Gasteiger partial charge is 0.306 e. The summed E-state index contributed by atoms with van der Waals surface area (Å²) in [5, 5.41) is 11.8. The highest BCUT2D eigenvalue weighted by Crippen LogP contribution is 2.18. The summed E-state index contributed by atoms with van der Waals surface area (Å²) in [7, 11) is 5.93. The van der Waals surface area contributed by atoms with Gasteiger partial charge in [-0.3, -0.25) is 9.59 Å². The van der Waals surface area contributed by atoms with Crippen molar-refractivity contribution in [3.8, 4) is 0 Å². The molecule has 0 fully saturated rings. The van der Waals surface area contributed by atoms with Crippen molar-refractivity contribution in [3.05, 3.63) is 72.9 Å². The van der Waals surface area contributed by atoms with Crippen LogP contribution in [0.4, 0.5) is 0 Å². The predicted molar refractivity (Wildman–Crippen MR) is 361 cm³/mol. The van der Waals surface area contributed by atoms with Crippen LogP contribution < -0.4 is 5.11 Å². The molecule has 0 aromatic rings. The Morgan fingerprint density at radius 2 is 0.671 bits per heavy atom. The lowest BCUT2D eigenvalue weighted by atomic mass is 10.0. The molecule has 0 aromatic heterocycles. The normalized spacial score (nSPS) is 13.1. The Morgan fingerprint density at radius 3 is 1.01 bits per heavy atom. The number of aliphatic carboxylic acids is 1. The quantitative estimate of drug-likeness (QED) is 0.0195. The molecular weight excluding hydrogens is 1050 g/mol. The zero-order valence-electron chi connectivity index (χ0n) is 56.5. The second-order valence-electron chi connectivity index (χ2n) is 25.5.